The predicted molar refractivity (Wildman–Crippen MR) is 72.9 cm³/mol. The lowest BCUT2D eigenvalue weighted by atomic mass is 10.2. The summed E-state index contributed by atoms with van der Waals surface area (Å²) in [6, 6.07) is 7.13. The summed E-state index contributed by atoms with van der Waals surface area (Å²) >= 11 is 3.37. The van der Waals surface area contributed by atoms with Gasteiger partial charge in [-0.15, -0.1) is 0 Å². The van der Waals surface area contributed by atoms with Crippen LogP contribution >= 0.6 is 15.9 Å². The van der Waals surface area contributed by atoms with E-state index < -0.39 is 0 Å². The van der Waals surface area contributed by atoms with Gasteiger partial charge in [0.1, 0.15) is 12.0 Å². The molecule has 0 fully saturated rings. The summed E-state index contributed by atoms with van der Waals surface area (Å²) in [6.45, 7) is 0. The molecule has 0 atom stereocenters. The van der Waals surface area contributed by atoms with Crippen LogP contribution in [0.3, 0.4) is 0 Å². The van der Waals surface area contributed by atoms with Gasteiger partial charge >= 0.3 is 0 Å². The van der Waals surface area contributed by atoms with Crippen molar-refractivity contribution in [2.24, 2.45) is 0 Å². The molecular weight excluding hydrogens is 310 g/mol. The molecule has 0 aliphatic carbocycles. The Kier molecular flexibility index (Phi) is 2.96. The first-order valence-electron chi connectivity index (χ1n) is 5.39. The third kappa shape index (κ3) is 2.45. The van der Waals surface area contributed by atoms with Crippen molar-refractivity contribution in [3.05, 3.63) is 41.3 Å². The molecule has 0 bridgehead atoms. The van der Waals surface area contributed by atoms with E-state index in [9.17, 15) is 0 Å². The van der Waals surface area contributed by atoms with Gasteiger partial charge in [-0.3, -0.25) is 0 Å². The number of hydrogen-bond donors (Lipinski definition) is 1. The van der Waals surface area contributed by atoms with Crippen LogP contribution in [-0.4, -0.2) is 20.1 Å². The van der Waals surface area contributed by atoms with Gasteiger partial charge < -0.3 is 10.3 Å². The third-order valence-electron chi connectivity index (χ3n) is 2.40. The smallest absolute Gasteiger partial charge is 0.258 e. The summed E-state index contributed by atoms with van der Waals surface area (Å²) < 4.78 is 6.07. The minimum Gasteiger partial charge on any atom is -0.399 e. The first kappa shape index (κ1) is 11.8. The van der Waals surface area contributed by atoms with Crippen molar-refractivity contribution in [3.8, 4) is 23.0 Å². The number of nitrogens with two attached hydrogens (primary N) is 1. The van der Waals surface area contributed by atoms with Gasteiger partial charge in [-0.05, 0) is 24.3 Å². The molecule has 0 amide bonds. The average molecular weight is 318 g/mol. The van der Waals surface area contributed by atoms with Crippen molar-refractivity contribution in [1.82, 2.24) is 20.1 Å². The van der Waals surface area contributed by atoms with Gasteiger partial charge in [0.25, 0.3) is 5.89 Å². The monoisotopic (exact) mass is 317 g/mol. The van der Waals surface area contributed by atoms with Crippen LogP contribution in [-0.2, 0) is 0 Å². The van der Waals surface area contributed by atoms with Crippen molar-refractivity contribution >= 4 is 21.6 Å². The largest absolute Gasteiger partial charge is 0.399 e. The highest BCUT2D eigenvalue weighted by atomic mass is 79.9. The molecule has 3 rings (SSSR count). The number of benzene rings is 1. The summed E-state index contributed by atoms with van der Waals surface area (Å²) in [5.74, 6) is 0.803. The molecule has 0 saturated carbocycles. The Hall–Kier alpha value is -2.28. The summed E-state index contributed by atoms with van der Waals surface area (Å²) in [5.41, 5.74) is 7.75. The van der Waals surface area contributed by atoms with Gasteiger partial charge in [0.2, 0.25) is 5.82 Å². The first-order valence-corrected chi connectivity index (χ1v) is 6.18. The molecule has 0 aliphatic rings. The molecule has 2 aromatic heterocycles. The molecule has 1 aromatic carbocycles. The van der Waals surface area contributed by atoms with E-state index in [0.717, 1.165) is 10.0 Å². The molecular formula is C12H8BrN5O. The second-order valence-electron chi connectivity index (χ2n) is 3.79. The number of anilines is 1. The predicted octanol–water partition coefficient (Wildman–Crippen LogP) is 2.54. The van der Waals surface area contributed by atoms with Crippen molar-refractivity contribution in [2.45, 2.75) is 0 Å². The molecule has 0 radical (unpaired) electrons. The standard InChI is InChI=1S/C12H8BrN5O/c13-8-3-7(4-9(14)5-8)12-17-11(18-19-12)10-1-2-15-6-16-10/h1-6H,14H2. The lowest BCUT2D eigenvalue weighted by Gasteiger charge is -1.98. The quantitative estimate of drug-likeness (QED) is 0.730. The molecule has 7 heteroatoms. The molecule has 0 unspecified atom stereocenters. The van der Waals surface area contributed by atoms with E-state index in [4.69, 9.17) is 10.3 Å². The second kappa shape index (κ2) is 4.77. The summed E-state index contributed by atoms with van der Waals surface area (Å²) in [6.07, 6.45) is 3.05. The Labute approximate surface area is 116 Å². The minimum atomic E-state index is 0.390. The molecule has 0 aliphatic heterocycles. The van der Waals surface area contributed by atoms with Crippen LogP contribution in [0.2, 0.25) is 0 Å². The Balaban J connectivity index is 2.02. The number of halogens is 1. The highest BCUT2D eigenvalue weighted by Crippen LogP contribution is 2.26. The highest BCUT2D eigenvalue weighted by molar-refractivity contribution is 9.10. The number of rotatable bonds is 2. The van der Waals surface area contributed by atoms with Crippen LogP contribution in [0.15, 0.2) is 45.8 Å². The van der Waals surface area contributed by atoms with Crippen LogP contribution in [0.1, 0.15) is 0 Å². The van der Waals surface area contributed by atoms with E-state index in [-0.39, 0.29) is 0 Å². The minimum absolute atomic E-state index is 0.390. The Morgan fingerprint density at radius 1 is 1.21 bits per heavy atom. The van der Waals surface area contributed by atoms with Crippen LogP contribution in [0.5, 0.6) is 0 Å². The molecule has 19 heavy (non-hydrogen) atoms. The topological polar surface area (TPSA) is 90.7 Å². The summed E-state index contributed by atoms with van der Waals surface area (Å²) in [7, 11) is 0. The second-order valence-corrected chi connectivity index (χ2v) is 4.71. The summed E-state index contributed by atoms with van der Waals surface area (Å²) in [4.78, 5) is 12.2. The number of hydrogen-bond acceptors (Lipinski definition) is 6. The number of nitrogens with zero attached hydrogens (tertiary/aromatic N) is 4. The average Bonchev–Trinajstić information content (AvgIpc) is 2.88. The summed E-state index contributed by atoms with van der Waals surface area (Å²) in [5, 5.41) is 3.89. The van der Waals surface area contributed by atoms with E-state index >= 15 is 0 Å². The highest BCUT2D eigenvalue weighted by Gasteiger charge is 2.12. The fourth-order valence-corrected chi connectivity index (χ4v) is 2.11. The molecule has 3 aromatic rings. The van der Waals surface area contributed by atoms with Crippen molar-refractivity contribution in [3.63, 3.8) is 0 Å². The van der Waals surface area contributed by atoms with E-state index in [1.165, 1.54) is 6.33 Å². The molecule has 0 saturated heterocycles. The third-order valence-corrected chi connectivity index (χ3v) is 2.86. The van der Waals surface area contributed by atoms with E-state index in [1.807, 2.05) is 6.07 Å². The normalized spacial score (nSPS) is 10.6. The van der Waals surface area contributed by atoms with E-state index in [0.29, 0.717) is 23.1 Å². The zero-order valence-electron chi connectivity index (χ0n) is 9.62. The number of nitrogen functional groups attached to an aromatic ring is 1. The van der Waals surface area contributed by atoms with Crippen molar-refractivity contribution in [2.75, 3.05) is 5.73 Å². The number of aromatic nitrogens is 4. The van der Waals surface area contributed by atoms with Crippen LogP contribution in [0, 0.1) is 0 Å². The van der Waals surface area contributed by atoms with Crippen molar-refractivity contribution < 1.29 is 4.52 Å². The molecule has 0 spiro atoms. The molecule has 6 nitrogen and oxygen atoms in total. The maximum Gasteiger partial charge on any atom is 0.258 e. The van der Waals surface area contributed by atoms with Crippen LogP contribution in [0.4, 0.5) is 5.69 Å². The van der Waals surface area contributed by atoms with E-state index in [2.05, 4.69) is 36.0 Å². The van der Waals surface area contributed by atoms with Gasteiger partial charge in [0.05, 0.1) is 0 Å². The van der Waals surface area contributed by atoms with Crippen LogP contribution < -0.4 is 5.73 Å². The van der Waals surface area contributed by atoms with Gasteiger partial charge in [-0.2, -0.15) is 4.98 Å². The fourth-order valence-electron chi connectivity index (χ4n) is 1.60. The van der Waals surface area contributed by atoms with Gasteiger partial charge in [0, 0.05) is 21.9 Å². The lowest BCUT2D eigenvalue weighted by molar-refractivity contribution is 0.432. The SMILES string of the molecule is Nc1cc(Br)cc(-c2nc(-c3ccncn3)no2)c1. The first-order chi connectivity index (χ1) is 9.22. The van der Waals surface area contributed by atoms with Crippen LogP contribution in [0.25, 0.3) is 23.0 Å². The maximum absolute atomic E-state index is 5.77. The molecule has 94 valence electrons. The van der Waals surface area contributed by atoms with Gasteiger partial charge in [-0.1, -0.05) is 21.1 Å². The molecule has 2 heterocycles. The Morgan fingerprint density at radius 2 is 2.11 bits per heavy atom. The van der Waals surface area contributed by atoms with Crippen molar-refractivity contribution in [1.29, 1.82) is 0 Å². The van der Waals surface area contributed by atoms with E-state index in [1.54, 1.807) is 24.4 Å². The zero-order valence-corrected chi connectivity index (χ0v) is 11.2. The zero-order chi connectivity index (χ0) is 13.2. The lowest BCUT2D eigenvalue weighted by Crippen LogP contribution is -1.87. The Morgan fingerprint density at radius 3 is 2.84 bits per heavy atom. The van der Waals surface area contributed by atoms with Gasteiger partial charge in [-0.25, -0.2) is 9.97 Å². The fraction of sp³-hybridized carbons (Fsp3) is 0. The Bertz CT molecular complexity index is 693. The molecule has 2 N–H and O–H groups in total. The maximum atomic E-state index is 5.77. The van der Waals surface area contributed by atoms with Gasteiger partial charge in [0.15, 0.2) is 0 Å².